The molecule has 3 heterocycles. The molecule has 2 amide bonds. The first-order valence-corrected chi connectivity index (χ1v) is 8.44. The monoisotopic (exact) mass is 346 g/mol. The first kappa shape index (κ1) is 16.1. The molecular weight excluding hydrogens is 328 g/mol. The van der Waals surface area contributed by atoms with Gasteiger partial charge in [0.2, 0.25) is 0 Å². The van der Waals surface area contributed by atoms with Gasteiger partial charge in [0.25, 0.3) is 0 Å². The van der Waals surface area contributed by atoms with Gasteiger partial charge in [0.05, 0.1) is 23.8 Å². The highest BCUT2D eigenvalue weighted by molar-refractivity contribution is 6.11. The molecule has 0 aliphatic carbocycles. The molecule has 0 spiro atoms. The molecule has 7 nitrogen and oxygen atoms in total. The van der Waals surface area contributed by atoms with Crippen LogP contribution in [0.25, 0.3) is 15.6 Å². The van der Waals surface area contributed by atoms with E-state index in [0.717, 1.165) is 10.8 Å². The van der Waals surface area contributed by atoms with Crippen LogP contribution in [0.2, 0.25) is 0 Å². The van der Waals surface area contributed by atoms with E-state index >= 15 is 0 Å². The minimum absolute atomic E-state index is 0.205. The summed E-state index contributed by atoms with van der Waals surface area (Å²) in [7, 11) is 0. The van der Waals surface area contributed by atoms with Gasteiger partial charge in [0.1, 0.15) is 6.54 Å². The fraction of sp³-hybridized carbons (Fsp3) is 0.263. The summed E-state index contributed by atoms with van der Waals surface area (Å²) in [6, 6.07) is 7.72. The Morgan fingerprint density at radius 1 is 1.23 bits per heavy atom. The lowest BCUT2D eigenvalue weighted by atomic mass is 10.1. The normalized spacial score (nSPS) is 17.3. The van der Waals surface area contributed by atoms with Crippen LogP contribution < -0.4 is 9.80 Å². The van der Waals surface area contributed by atoms with Crippen LogP contribution in [-0.2, 0) is 0 Å². The number of rotatable bonds is 3. The number of hydrogen-bond donors (Lipinski definition) is 0. The predicted molar refractivity (Wildman–Crippen MR) is 100.0 cm³/mol. The lowest BCUT2D eigenvalue weighted by Crippen LogP contribution is -2.34. The zero-order valence-electron chi connectivity index (χ0n) is 14.6. The molecular formula is C19H18N6O. The average Bonchev–Trinajstić information content (AvgIpc) is 3.26. The first-order valence-electron chi connectivity index (χ1n) is 8.44. The van der Waals surface area contributed by atoms with Gasteiger partial charge in [-0.15, -0.1) is 0 Å². The van der Waals surface area contributed by atoms with E-state index in [1.165, 1.54) is 4.90 Å². The minimum Gasteiger partial charge on any atom is -0.287 e. The second kappa shape index (κ2) is 6.15. The molecule has 0 N–H and O–H groups in total. The lowest BCUT2D eigenvalue weighted by molar-refractivity contribution is 0.255. The van der Waals surface area contributed by atoms with Gasteiger partial charge >= 0.3 is 12.2 Å². The summed E-state index contributed by atoms with van der Waals surface area (Å²) < 4.78 is 1.80. The maximum atomic E-state index is 13.1. The number of amides is 2. The average molecular weight is 346 g/mol. The van der Waals surface area contributed by atoms with Gasteiger partial charge in [-0.25, -0.2) is 16.3 Å². The second-order valence-corrected chi connectivity index (χ2v) is 6.52. The number of anilines is 2. The van der Waals surface area contributed by atoms with Crippen molar-refractivity contribution in [1.29, 1.82) is 0 Å². The van der Waals surface area contributed by atoms with Gasteiger partial charge in [-0.3, -0.25) is 19.4 Å². The van der Waals surface area contributed by atoms with E-state index in [4.69, 9.17) is 6.57 Å². The Labute approximate surface area is 151 Å². The van der Waals surface area contributed by atoms with Crippen molar-refractivity contribution in [3.05, 3.63) is 60.5 Å². The standard InChI is InChI=1S/C19H18N6O/c1-13(2)24-11-15(9-22-24)23-12-18(20-3)25(19(23)26)17-10-21-8-14-6-4-5-7-16(14)17/h4-11,13,18H,12H2,1-2H3. The van der Waals surface area contributed by atoms with Crippen LogP contribution in [0.15, 0.2) is 49.1 Å². The molecule has 2 aromatic heterocycles. The van der Waals surface area contributed by atoms with Crippen molar-refractivity contribution in [2.45, 2.75) is 26.1 Å². The van der Waals surface area contributed by atoms with Crippen molar-refractivity contribution in [1.82, 2.24) is 14.8 Å². The van der Waals surface area contributed by atoms with E-state index in [9.17, 15) is 4.79 Å². The molecule has 7 heteroatoms. The highest BCUT2D eigenvalue weighted by Gasteiger charge is 2.44. The smallest absolute Gasteiger partial charge is 0.287 e. The highest BCUT2D eigenvalue weighted by atomic mass is 16.2. The number of urea groups is 1. The molecule has 0 bridgehead atoms. The SMILES string of the molecule is [C-]#[N+]C1CN(c2cnn(C(C)C)c2)C(=O)N1c1cncc2ccccc12. The Morgan fingerprint density at radius 3 is 2.77 bits per heavy atom. The number of carbonyl (C=O) groups is 1. The topological polar surface area (TPSA) is 58.6 Å². The van der Waals surface area contributed by atoms with Crippen molar-refractivity contribution >= 4 is 28.2 Å². The summed E-state index contributed by atoms with van der Waals surface area (Å²) in [6.07, 6.45) is 6.33. The van der Waals surface area contributed by atoms with E-state index in [-0.39, 0.29) is 12.1 Å². The third-order valence-corrected chi connectivity index (χ3v) is 4.57. The summed E-state index contributed by atoms with van der Waals surface area (Å²) in [5.41, 5.74) is 1.36. The van der Waals surface area contributed by atoms with Crippen LogP contribution in [-0.4, -0.2) is 33.5 Å². The molecule has 0 radical (unpaired) electrons. The Balaban J connectivity index is 1.76. The predicted octanol–water partition coefficient (Wildman–Crippen LogP) is 3.70. The van der Waals surface area contributed by atoms with Crippen molar-refractivity contribution in [3.8, 4) is 0 Å². The molecule has 1 aromatic carbocycles. The van der Waals surface area contributed by atoms with Crippen LogP contribution in [0.5, 0.6) is 0 Å². The van der Waals surface area contributed by atoms with E-state index < -0.39 is 6.17 Å². The van der Waals surface area contributed by atoms with Crippen LogP contribution in [0.1, 0.15) is 19.9 Å². The van der Waals surface area contributed by atoms with Gasteiger partial charge in [0, 0.05) is 29.2 Å². The summed E-state index contributed by atoms with van der Waals surface area (Å²) in [4.78, 5) is 24.2. The molecule has 1 unspecified atom stereocenters. The Bertz CT molecular complexity index is 1010. The van der Waals surface area contributed by atoms with Crippen molar-refractivity contribution in [2.75, 3.05) is 16.3 Å². The molecule has 1 saturated heterocycles. The molecule has 130 valence electrons. The largest absolute Gasteiger partial charge is 0.335 e. The summed E-state index contributed by atoms with van der Waals surface area (Å²) in [6.45, 7) is 11.9. The number of hydrogen-bond acceptors (Lipinski definition) is 3. The second-order valence-electron chi connectivity index (χ2n) is 6.52. The first-order chi connectivity index (χ1) is 12.6. The summed E-state index contributed by atoms with van der Waals surface area (Å²) in [5, 5.41) is 6.15. The quantitative estimate of drug-likeness (QED) is 0.680. The van der Waals surface area contributed by atoms with E-state index in [1.54, 1.807) is 28.2 Å². The molecule has 26 heavy (non-hydrogen) atoms. The van der Waals surface area contributed by atoms with Crippen LogP contribution in [0.3, 0.4) is 0 Å². The van der Waals surface area contributed by atoms with Gasteiger partial charge in [-0.05, 0) is 13.8 Å². The van der Waals surface area contributed by atoms with E-state index in [0.29, 0.717) is 17.9 Å². The number of carbonyl (C=O) groups excluding carboxylic acids is 1. The zero-order valence-corrected chi connectivity index (χ0v) is 14.6. The molecule has 1 aliphatic rings. The Hall–Kier alpha value is -3.40. The van der Waals surface area contributed by atoms with Crippen LogP contribution in [0, 0.1) is 6.57 Å². The van der Waals surface area contributed by atoms with Gasteiger partial charge in [-0.1, -0.05) is 24.3 Å². The zero-order chi connectivity index (χ0) is 18.3. The summed E-state index contributed by atoms with van der Waals surface area (Å²) >= 11 is 0. The van der Waals surface area contributed by atoms with Gasteiger partial charge in [-0.2, -0.15) is 5.10 Å². The minimum atomic E-state index is -0.600. The number of aromatic nitrogens is 3. The fourth-order valence-corrected chi connectivity index (χ4v) is 3.20. The number of fused-ring (bicyclic) bond motifs is 1. The third kappa shape index (κ3) is 2.47. The molecule has 1 atom stereocenters. The lowest BCUT2D eigenvalue weighted by Gasteiger charge is -2.18. The van der Waals surface area contributed by atoms with Crippen molar-refractivity contribution in [2.24, 2.45) is 0 Å². The number of pyridine rings is 1. The van der Waals surface area contributed by atoms with E-state index in [2.05, 4.69) is 14.9 Å². The molecule has 4 rings (SSSR count). The van der Waals surface area contributed by atoms with Crippen LogP contribution >= 0.6 is 0 Å². The van der Waals surface area contributed by atoms with Crippen molar-refractivity contribution < 1.29 is 4.79 Å². The maximum absolute atomic E-state index is 13.1. The van der Waals surface area contributed by atoms with Gasteiger partial charge < -0.3 is 0 Å². The van der Waals surface area contributed by atoms with Crippen LogP contribution in [0.4, 0.5) is 16.2 Å². The third-order valence-electron chi connectivity index (χ3n) is 4.57. The molecule has 0 saturated carbocycles. The van der Waals surface area contributed by atoms with E-state index in [1.807, 2.05) is 44.3 Å². The molecule has 3 aromatic rings. The van der Waals surface area contributed by atoms with Crippen molar-refractivity contribution in [3.63, 3.8) is 0 Å². The fourth-order valence-electron chi connectivity index (χ4n) is 3.20. The Morgan fingerprint density at radius 2 is 2.04 bits per heavy atom. The Kier molecular flexibility index (Phi) is 3.81. The molecule has 1 fully saturated rings. The number of nitrogens with zero attached hydrogens (tertiary/aromatic N) is 6. The number of benzene rings is 1. The summed E-state index contributed by atoms with van der Waals surface area (Å²) in [5.74, 6) is 0. The molecule has 1 aliphatic heterocycles. The highest BCUT2D eigenvalue weighted by Crippen LogP contribution is 2.33. The van der Waals surface area contributed by atoms with Gasteiger partial charge in [0.15, 0.2) is 0 Å². The maximum Gasteiger partial charge on any atom is 0.335 e.